The molecular weight excluding hydrogens is 268 g/mol. The molecule has 0 bridgehead atoms. The highest BCUT2D eigenvalue weighted by Gasteiger charge is 2.43. The Morgan fingerprint density at radius 2 is 2.00 bits per heavy atom. The van der Waals surface area contributed by atoms with Crippen molar-refractivity contribution < 1.29 is 14.3 Å². The standard InChI is InChI=1S/C16H22N2O3/c1-4-16(5-2)15(20)18(11-14(19)17-16)10-12-7-6-8-13(9-12)21-3/h6-9H,4-5,10-11H2,1-3H3,(H,17,19). The molecule has 1 aliphatic heterocycles. The molecule has 1 heterocycles. The highest BCUT2D eigenvalue weighted by molar-refractivity contribution is 5.97. The first-order valence-electron chi connectivity index (χ1n) is 7.28. The van der Waals surface area contributed by atoms with Crippen LogP contribution in [0.4, 0.5) is 0 Å². The number of rotatable bonds is 5. The maximum atomic E-state index is 12.7. The summed E-state index contributed by atoms with van der Waals surface area (Å²) >= 11 is 0. The number of methoxy groups -OCH3 is 1. The van der Waals surface area contributed by atoms with Crippen LogP contribution in [0.3, 0.4) is 0 Å². The van der Waals surface area contributed by atoms with E-state index in [4.69, 9.17) is 4.74 Å². The Balaban J connectivity index is 2.22. The van der Waals surface area contributed by atoms with Crippen molar-refractivity contribution in [2.24, 2.45) is 0 Å². The molecule has 5 heteroatoms. The highest BCUT2D eigenvalue weighted by Crippen LogP contribution is 2.24. The van der Waals surface area contributed by atoms with Gasteiger partial charge in [0, 0.05) is 6.54 Å². The van der Waals surface area contributed by atoms with E-state index in [-0.39, 0.29) is 18.4 Å². The van der Waals surface area contributed by atoms with Crippen molar-refractivity contribution in [1.82, 2.24) is 10.2 Å². The molecule has 1 saturated heterocycles. The fourth-order valence-corrected chi connectivity index (χ4v) is 2.76. The van der Waals surface area contributed by atoms with Crippen molar-refractivity contribution in [2.75, 3.05) is 13.7 Å². The van der Waals surface area contributed by atoms with Crippen LogP contribution in [0.15, 0.2) is 24.3 Å². The number of carbonyl (C=O) groups excluding carboxylic acids is 2. The van der Waals surface area contributed by atoms with Crippen LogP contribution in [0, 0.1) is 0 Å². The lowest BCUT2D eigenvalue weighted by molar-refractivity contribution is -0.151. The van der Waals surface area contributed by atoms with Crippen LogP contribution >= 0.6 is 0 Å². The molecule has 0 atom stereocenters. The second-order valence-corrected chi connectivity index (χ2v) is 5.35. The molecular formula is C16H22N2O3. The number of hydrogen-bond donors (Lipinski definition) is 1. The van der Waals surface area contributed by atoms with E-state index >= 15 is 0 Å². The summed E-state index contributed by atoms with van der Waals surface area (Å²) in [6, 6.07) is 7.56. The lowest BCUT2D eigenvalue weighted by Crippen LogP contribution is -2.65. The predicted octanol–water partition coefficient (Wildman–Crippen LogP) is 1.71. The van der Waals surface area contributed by atoms with Crippen LogP contribution in [-0.4, -0.2) is 35.9 Å². The van der Waals surface area contributed by atoms with Gasteiger partial charge >= 0.3 is 0 Å². The Hall–Kier alpha value is -2.04. The molecule has 114 valence electrons. The number of ether oxygens (including phenoxy) is 1. The van der Waals surface area contributed by atoms with Gasteiger partial charge in [0.2, 0.25) is 11.8 Å². The summed E-state index contributed by atoms with van der Waals surface area (Å²) in [5.74, 6) is 0.648. The number of hydrogen-bond acceptors (Lipinski definition) is 3. The summed E-state index contributed by atoms with van der Waals surface area (Å²) in [6.07, 6.45) is 1.20. The van der Waals surface area contributed by atoms with E-state index in [1.54, 1.807) is 12.0 Å². The molecule has 0 aliphatic carbocycles. The fraction of sp³-hybridized carbons (Fsp3) is 0.500. The predicted molar refractivity (Wildman–Crippen MR) is 79.9 cm³/mol. The maximum absolute atomic E-state index is 12.7. The zero-order valence-electron chi connectivity index (χ0n) is 12.8. The van der Waals surface area contributed by atoms with Crippen molar-refractivity contribution in [1.29, 1.82) is 0 Å². The Morgan fingerprint density at radius 3 is 2.62 bits per heavy atom. The van der Waals surface area contributed by atoms with Crippen LogP contribution < -0.4 is 10.1 Å². The highest BCUT2D eigenvalue weighted by atomic mass is 16.5. The molecule has 0 radical (unpaired) electrons. The Labute approximate surface area is 125 Å². The Kier molecular flexibility index (Phi) is 4.50. The average Bonchev–Trinajstić information content (AvgIpc) is 2.51. The summed E-state index contributed by atoms with van der Waals surface area (Å²) in [6.45, 7) is 4.39. The topological polar surface area (TPSA) is 58.6 Å². The second kappa shape index (κ2) is 6.16. The van der Waals surface area contributed by atoms with Crippen LogP contribution in [0.2, 0.25) is 0 Å². The molecule has 2 rings (SSSR count). The zero-order chi connectivity index (χ0) is 15.5. The van der Waals surface area contributed by atoms with E-state index < -0.39 is 5.54 Å². The SMILES string of the molecule is CCC1(CC)NC(=O)CN(Cc2cccc(OC)c2)C1=O. The van der Waals surface area contributed by atoms with Gasteiger partial charge in [-0.3, -0.25) is 9.59 Å². The molecule has 1 aromatic rings. The van der Waals surface area contributed by atoms with Crippen LogP contribution in [0.25, 0.3) is 0 Å². The normalized spacial score (nSPS) is 17.6. The molecule has 0 unspecified atom stereocenters. The van der Waals surface area contributed by atoms with Crippen molar-refractivity contribution in [3.8, 4) is 5.75 Å². The molecule has 0 saturated carbocycles. The van der Waals surface area contributed by atoms with E-state index in [2.05, 4.69) is 5.32 Å². The molecule has 1 aromatic carbocycles. The number of nitrogens with zero attached hydrogens (tertiary/aromatic N) is 1. The van der Waals surface area contributed by atoms with Gasteiger partial charge in [-0.15, -0.1) is 0 Å². The monoisotopic (exact) mass is 290 g/mol. The number of benzene rings is 1. The van der Waals surface area contributed by atoms with Gasteiger partial charge in [-0.05, 0) is 30.5 Å². The largest absolute Gasteiger partial charge is 0.497 e. The van der Waals surface area contributed by atoms with Crippen LogP contribution in [-0.2, 0) is 16.1 Å². The van der Waals surface area contributed by atoms with Gasteiger partial charge in [-0.2, -0.15) is 0 Å². The summed E-state index contributed by atoms with van der Waals surface area (Å²) in [5.41, 5.74) is 0.201. The van der Waals surface area contributed by atoms with Gasteiger partial charge in [0.25, 0.3) is 0 Å². The molecule has 0 aromatic heterocycles. The summed E-state index contributed by atoms with van der Waals surface area (Å²) < 4.78 is 5.19. The third kappa shape index (κ3) is 3.01. The fourth-order valence-electron chi connectivity index (χ4n) is 2.76. The number of amides is 2. The lowest BCUT2D eigenvalue weighted by atomic mass is 9.88. The molecule has 21 heavy (non-hydrogen) atoms. The smallest absolute Gasteiger partial charge is 0.249 e. The minimum Gasteiger partial charge on any atom is -0.497 e. The summed E-state index contributed by atoms with van der Waals surface area (Å²) in [7, 11) is 1.61. The average molecular weight is 290 g/mol. The molecule has 1 aliphatic rings. The quantitative estimate of drug-likeness (QED) is 0.898. The van der Waals surface area contributed by atoms with Gasteiger partial charge in [-0.25, -0.2) is 0 Å². The van der Waals surface area contributed by atoms with Crippen molar-refractivity contribution >= 4 is 11.8 Å². The summed E-state index contributed by atoms with van der Waals surface area (Å²) in [5, 5.41) is 2.86. The van der Waals surface area contributed by atoms with Gasteiger partial charge in [0.05, 0.1) is 13.7 Å². The van der Waals surface area contributed by atoms with Crippen molar-refractivity contribution in [2.45, 2.75) is 38.8 Å². The third-order valence-corrected chi connectivity index (χ3v) is 4.12. The van der Waals surface area contributed by atoms with E-state index in [1.807, 2.05) is 38.1 Å². The third-order valence-electron chi connectivity index (χ3n) is 4.12. The van der Waals surface area contributed by atoms with Gasteiger partial charge in [-0.1, -0.05) is 26.0 Å². The molecule has 1 fully saturated rings. The first kappa shape index (κ1) is 15.4. The molecule has 0 spiro atoms. The minimum atomic E-state index is -0.756. The second-order valence-electron chi connectivity index (χ2n) is 5.35. The Bertz CT molecular complexity index is 538. The number of piperazine rings is 1. The maximum Gasteiger partial charge on any atom is 0.249 e. The van der Waals surface area contributed by atoms with E-state index in [9.17, 15) is 9.59 Å². The number of carbonyl (C=O) groups is 2. The van der Waals surface area contributed by atoms with Gasteiger partial charge in [0.15, 0.2) is 0 Å². The van der Waals surface area contributed by atoms with Gasteiger partial charge < -0.3 is 15.0 Å². The van der Waals surface area contributed by atoms with Crippen LogP contribution in [0.1, 0.15) is 32.3 Å². The van der Waals surface area contributed by atoms with E-state index in [0.717, 1.165) is 11.3 Å². The van der Waals surface area contributed by atoms with Crippen molar-refractivity contribution in [3.05, 3.63) is 29.8 Å². The molecule has 1 N–H and O–H groups in total. The first-order chi connectivity index (χ1) is 10.0. The minimum absolute atomic E-state index is 0.00470. The number of nitrogens with one attached hydrogen (secondary N) is 1. The van der Waals surface area contributed by atoms with Gasteiger partial charge in [0.1, 0.15) is 11.3 Å². The zero-order valence-corrected chi connectivity index (χ0v) is 12.8. The first-order valence-corrected chi connectivity index (χ1v) is 7.28. The van der Waals surface area contributed by atoms with Crippen molar-refractivity contribution in [3.63, 3.8) is 0 Å². The van der Waals surface area contributed by atoms with E-state index in [0.29, 0.717) is 19.4 Å². The lowest BCUT2D eigenvalue weighted by Gasteiger charge is -2.41. The van der Waals surface area contributed by atoms with Crippen LogP contribution in [0.5, 0.6) is 5.75 Å². The molecule has 2 amide bonds. The molecule has 5 nitrogen and oxygen atoms in total. The van der Waals surface area contributed by atoms with E-state index in [1.165, 1.54) is 0 Å². The summed E-state index contributed by atoms with van der Waals surface area (Å²) in [4.78, 5) is 26.3. The Morgan fingerprint density at radius 1 is 1.29 bits per heavy atom.